The van der Waals surface area contributed by atoms with Crippen LogP contribution in [0.4, 0.5) is 0 Å². The first kappa shape index (κ1) is 16.6. The van der Waals surface area contributed by atoms with Gasteiger partial charge in [0.1, 0.15) is 12.4 Å². The van der Waals surface area contributed by atoms with E-state index in [1.54, 1.807) is 0 Å². The molecular formula is C17H27ClN2O. The molecule has 2 aliphatic rings. The number of rotatable bonds is 4. The van der Waals surface area contributed by atoms with Gasteiger partial charge >= 0.3 is 0 Å². The van der Waals surface area contributed by atoms with Crippen molar-refractivity contribution >= 4 is 12.4 Å². The number of likely N-dealkylation sites (tertiary alicyclic amines) is 1. The van der Waals surface area contributed by atoms with Crippen molar-refractivity contribution in [2.75, 3.05) is 26.2 Å². The molecule has 2 N–H and O–H groups in total. The molecule has 0 aromatic heterocycles. The third-order valence-electron chi connectivity index (χ3n) is 4.90. The van der Waals surface area contributed by atoms with E-state index in [1.807, 2.05) is 12.1 Å². The Labute approximate surface area is 134 Å². The number of aryl methyl sites for hydroxylation is 1. The van der Waals surface area contributed by atoms with Crippen LogP contribution in [-0.4, -0.2) is 37.2 Å². The zero-order valence-corrected chi connectivity index (χ0v) is 13.6. The van der Waals surface area contributed by atoms with Gasteiger partial charge in [-0.2, -0.15) is 0 Å². The van der Waals surface area contributed by atoms with Gasteiger partial charge in [-0.3, -0.25) is 4.90 Å². The Bertz CT molecular complexity index is 454. The summed E-state index contributed by atoms with van der Waals surface area (Å²) in [5.74, 6) is 2.54. The Morgan fingerprint density at radius 3 is 2.90 bits per heavy atom. The van der Waals surface area contributed by atoms with Gasteiger partial charge in [0.25, 0.3) is 0 Å². The van der Waals surface area contributed by atoms with E-state index < -0.39 is 0 Å². The molecule has 3 unspecified atom stereocenters. The van der Waals surface area contributed by atoms with Gasteiger partial charge < -0.3 is 10.5 Å². The van der Waals surface area contributed by atoms with Gasteiger partial charge in [0, 0.05) is 25.7 Å². The third kappa shape index (κ3) is 4.12. The number of ether oxygens (including phenoxy) is 1. The molecule has 3 nitrogen and oxygen atoms in total. The Hall–Kier alpha value is -0.770. The van der Waals surface area contributed by atoms with Crippen LogP contribution in [-0.2, 0) is 0 Å². The second-order valence-electron chi connectivity index (χ2n) is 6.44. The lowest BCUT2D eigenvalue weighted by atomic mass is 9.78. The molecule has 0 bridgehead atoms. The number of fused-ring (bicyclic) bond motifs is 1. The van der Waals surface area contributed by atoms with E-state index in [9.17, 15) is 0 Å². The molecule has 3 atom stereocenters. The summed E-state index contributed by atoms with van der Waals surface area (Å²) in [6, 6.07) is 8.70. The maximum Gasteiger partial charge on any atom is 0.119 e. The highest BCUT2D eigenvalue weighted by atomic mass is 35.5. The Morgan fingerprint density at radius 1 is 1.29 bits per heavy atom. The number of halogens is 1. The monoisotopic (exact) mass is 310 g/mol. The molecule has 1 aliphatic carbocycles. The van der Waals surface area contributed by atoms with Crippen molar-refractivity contribution in [3.8, 4) is 5.75 Å². The van der Waals surface area contributed by atoms with Crippen LogP contribution in [0.15, 0.2) is 24.3 Å². The van der Waals surface area contributed by atoms with Gasteiger partial charge in [0.2, 0.25) is 0 Å². The molecule has 1 aromatic carbocycles. The topological polar surface area (TPSA) is 38.5 Å². The Morgan fingerprint density at radius 2 is 2.14 bits per heavy atom. The number of nitrogens with zero attached hydrogens (tertiary/aromatic N) is 1. The van der Waals surface area contributed by atoms with Gasteiger partial charge in [-0.05, 0) is 49.3 Å². The van der Waals surface area contributed by atoms with Crippen LogP contribution >= 0.6 is 12.4 Å². The van der Waals surface area contributed by atoms with Gasteiger partial charge in [0.05, 0.1) is 0 Å². The summed E-state index contributed by atoms with van der Waals surface area (Å²) in [6.07, 6.45) is 3.90. The normalized spacial score (nSPS) is 28.8. The molecule has 4 heteroatoms. The fourth-order valence-electron chi connectivity index (χ4n) is 3.79. The van der Waals surface area contributed by atoms with Gasteiger partial charge in [-0.15, -0.1) is 12.4 Å². The van der Waals surface area contributed by atoms with E-state index >= 15 is 0 Å². The van der Waals surface area contributed by atoms with Crippen molar-refractivity contribution in [3.63, 3.8) is 0 Å². The minimum absolute atomic E-state index is 0. The average molecular weight is 311 g/mol. The van der Waals surface area contributed by atoms with Gasteiger partial charge in [-0.25, -0.2) is 0 Å². The molecular weight excluding hydrogens is 284 g/mol. The zero-order valence-electron chi connectivity index (χ0n) is 12.8. The van der Waals surface area contributed by atoms with E-state index in [4.69, 9.17) is 10.5 Å². The quantitative estimate of drug-likeness (QED) is 0.929. The summed E-state index contributed by atoms with van der Waals surface area (Å²) in [5.41, 5.74) is 7.51. The lowest BCUT2D eigenvalue weighted by Gasteiger charge is -2.29. The van der Waals surface area contributed by atoms with Gasteiger partial charge in [0.15, 0.2) is 0 Å². The molecule has 1 aromatic rings. The molecule has 0 spiro atoms. The second kappa shape index (κ2) is 7.48. The maximum absolute atomic E-state index is 6.26. The predicted molar refractivity (Wildman–Crippen MR) is 89.2 cm³/mol. The summed E-state index contributed by atoms with van der Waals surface area (Å²) in [6.45, 7) is 6.28. The number of benzene rings is 1. The van der Waals surface area contributed by atoms with E-state index in [2.05, 4.69) is 24.0 Å². The van der Waals surface area contributed by atoms with Crippen molar-refractivity contribution < 1.29 is 4.74 Å². The van der Waals surface area contributed by atoms with Crippen molar-refractivity contribution in [2.45, 2.75) is 32.2 Å². The summed E-state index contributed by atoms with van der Waals surface area (Å²) in [5, 5.41) is 0. The lowest BCUT2D eigenvalue weighted by Crippen LogP contribution is -2.38. The third-order valence-corrected chi connectivity index (χ3v) is 4.90. The fraction of sp³-hybridized carbons (Fsp3) is 0.647. The van der Waals surface area contributed by atoms with Crippen LogP contribution in [0, 0.1) is 18.8 Å². The largest absolute Gasteiger partial charge is 0.492 e. The maximum atomic E-state index is 6.26. The molecule has 3 rings (SSSR count). The SMILES string of the molecule is Cc1cccc(OCCN2CC3CCCC(N)C3C2)c1.Cl. The van der Waals surface area contributed by atoms with Crippen molar-refractivity contribution in [1.82, 2.24) is 4.90 Å². The molecule has 1 aliphatic heterocycles. The summed E-state index contributed by atoms with van der Waals surface area (Å²) >= 11 is 0. The Balaban J connectivity index is 0.00000161. The highest BCUT2D eigenvalue weighted by Crippen LogP contribution is 2.35. The molecule has 0 radical (unpaired) electrons. The summed E-state index contributed by atoms with van der Waals surface area (Å²) in [7, 11) is 0. The predicted octanol–water partition coefficient (Wildman–Crippen LogP) is 2.85. The summed E-state index contributed by atoms with van der Waals surface area (Å²) < 4.78 is 5.86. The summed E-state index contributed by atoms with van der Waals surface area (Å²) in [4.78, 5) is 2.54. The second-order valence-corrected chi connectivity index (χ2v) is 6.44. The van der Waals surface area contributed by atoms with E-state index in [-0.39, 0.29) is 12.4 Å². The Kier molecular flexibility index (Phi) is 5.91. The first-order valence-electron chi connectivity index (χ1n) is 7.90. The molecule has 118 valence electrons. The zero-order chi connectivity index (χ0) is 13.9. The average Bonchev–Trinajstić information content (AvgIpc) is 2.83. The first-order chi connectivity index (χ1) is 9.72. The van der Waals surface area contributed by atoms with Crippen LogP contribution in [0.2, 0.25) is 0 Å². The smallest absolute Gasteiger partial charge is 0.119 e. The van der Waals surface area contributed by atoms with Crippen LogP contribution < -0.4 is 10.5 Å². The van der Waals surface area contributed by atoms with Crippen LogP contribution in [0.25, 0.3) is 0 Å². The minimum Gasteiger partial charge on any atom is -0.492 e. The number of nitrogens with two attached hydrogens (primary N) is 1. The number of hydrogen-bond acceptors (Lipinski definition) is 3. The lowest BCUT2D eigenvalue weighted by molar-refractivity contribution is 0.229. The molecule has 1 saturated heterocycles. The molecule has 2 fully saturated rings. The van der Waals surface area contributed by atoms with E-state index in [0.29, 0.717) is 6.04 Å². The van der Waals surface area contributed by atoms with E-state index in [1.165, 1.54) is 37.9 Å². The van der Waals surface area contributed by atoms with Crippen LogP contribution in [0.3, 0.4) is 0 Å². The standard InChI is InChI=1S/C17H26N2O.ClH/c1-13-4-2-6-15(10-13)20-9-8-19-11-14-5-3-7-17(18)16(14)12-19;/h2,4,6,10,14,16-17H,3,5,7-9,11-12,18H2,1H3;1H. The minimum atomic E-state index is 0. The van der Waals surface area contributed by atoms with Crippen molar-refractivity contribution in [2.24, 2.45) is 17.6 Å². The highest BCUT2D eigenvalue weighted by molar-refractivity contribution is 5.85. The van der Waals surface area contributed by atoms with Crippen LogP contribution in [0.5, 0.6) is 5.75 Å². The first-order valence-corrected chi connectivity index (χ1v) is 7.90. The fourth-order valence-corrected chi connectivity index (χ4v) is 3.79. The number of hydrogen-bond donors (Lipinski definition) is 1. The van der Waals surface area contributed by atoms with Gasteiger partial charge in [-0.1, -0.05) is 18.6 Å². The highest BCUT2D eigenvalue weighted by Gasteiger charge is 2.38. The van der Waals surface area contributed by atoms with Crippen molar-refractivity contribution in [3.05, 3.63) is 29.8 Å². The molecule has 1 heterocycles. The van der Waals surface area contributed by atoms with Crippen molar-refractivity contribution in [1.29, 1.82) is 0 Å². The van der Waals surface area contributed by atoms with E-state index in [0.717, 1.165) is 30.7 Å². The molecule has 0 amide bonds. The molecule has 1 saturated carbocycles. The molecule has 21 heavy (non-hydrogen) atoms. The van der Waals surface area contributed by atoms with Crippen LogP contribution in [0.1, 0.15) is 24.8 Å².